The summed E-state index contributed by atoms with van der Waals surface area (Å²) in [6, 6.07) is 43.4. The van der Waals surface area contributed by atoms with Crippen LogP contribution in [0.5, 0.6) is 0 Å². The maximum absolute atomic E-state index is 6.50. The first-order valence-electron chi connectivity index (χ1n) is 12.2. The van der Waals surface area contributed by atoms with Crippen molar-refractivity contribution in [1.82, 2.24) is 0 Å². The Bertz CT molecular complexity index is 2040. The zero-order valence-corrected chi connectivity index (χ0v) is 20.2. The second-order valence-corrected chi connectivity index (χ2v) is 10.3. The molecule has 36 heavy (non-hydrogen) atoms. The van der Waals surface area contributed by atoms with E-state index in [-0.39, 0.29) is 0 Å². The van der Waals surface area contributed by atoms with Crippen LogP contribution in [0.4, 0.5) is 0 Å². The van der Waals surface area contributed by atoms with E-state index in [0.29, 0.717) is 0 Å². The van der Waals surface area contributed by atoms with Crippen LogP contribution in [0.2, 0.25) is 0 Å². The van der Waals surface area contributed by atoms with Gasteiger partial charge in [0.05, 0.1) is 4.70 Å². The van der Waals surface area contributed by atoms with Gasteiger partial charge in [0.25, 0.3) is 0 Å². The molecule has 0 bridgehead atoms. The summed E-state index contributed by atoms with van der Waals surface area (Å²) in [5, 5.41) is 7.46. The number of thiophene rings is 1. The molecule has 0 saturated carbocycles. The molecule has 168 valence electrons. The van der Waals surface area contributed by atoms with Gasteiger partial charge < -0.3 is 4.42 Å². The molecule has 0 atom stereocenters. The van der Waals surface area contributed by atoms with Crippen LogP contribution in [-0.4, -0.2) is 0 Å². The lowest BCUT2D eigenvalue weighted by molar-refractivity contribution is 0.673. The highest BCUT2D eigenvalue weighted by molar-refractivity contribution is 7.26. The third kappa shape index (κ3) is 2.71. The molecular formula is C34H20OS. The smallest absolute Gasteiger partial charge is 0.154 e. The summed E-state index contributed by atoms with van der Waals surface area (Å²) in [6.45, 7) is 0. The monoisotopic (exact) mass is 476 g/mol. The molecular weight excluding hydrogens is 456 g/mol. The molecule has 0 N–H and O–H groups in total. The molecule has 0 amide bonds. The normalized spacial score (nSPS) is 11.9. The third-order valence-corrected chi connectivity index (χ3v) is 8.45. The fourth-order valence-corrected chi connectivity index (χ4v) is 6.98. The van der Waals surface area contributed by atoms with E-state index in [9.17, 15) is 0 Å². The number of hydrogen-bond donors (Lipinski definition) is 0. The van der Waals surface area contributed by atoms with Gasteiger partial charge >= 0.3 is 0 Å². The van der Waals surface area contributed by atoms with Gasteiger partial charge in [0.15, 0.2) is 5.58 Å². The van der Waals surface area contributed by atoms with Crippen molar-refractivity contribution in [3.8, 4) is 22.3 Å². The minimum absolute atomic E-state index is 0.944. The van der Waals surface area contributed by atoms with Crippen LogP contribution < -0.4 is 0 Å². The maximum atomic E-state index is 6.50. The van der Waals surface area contributed by atoms with E-state index in [1.807, 2.05) is 11.3 Å². The average molecular weight is 477 g/mol. The standard InChI is InChI=1S/C34H20OS/c1-2-11-21(12-3-1)30-22-13-4-6-15-24(22)31(25-16-7-5-14-23(25)30)27-18-10-19-28-32(27)34-33(35-28)26-17-8-9-20-29(26)36-34/h1-20H. The van der Waals surface area contributed by atoms with Crippen LogP contribution in [0.1, 0.15) is 0 Å². The van der Waals surface area contributed by atoms with Crippen LogP contribution >= 0.6 is 11.3 Å². The van der Waals surface area contributed by atoms with Gasteiger partial charge in [0.1, 0.15) is 5.58 Å². The highest BCUT2D eigenvalue weighted by Crippen LogP contribution is 2.49. The van der Waals surface area contributed by atoms with Crippen LogP contribution in [0, 0.1) is 0 Å². The van der Waals surface area contributed by atoms with E-state index < -0.39 is 0 Å². The quantitative estimate of drug-likeness (QED) is 0.226. The number of hydrogen-bond acceptors (Lipinski definition) is 2. The number of rotatable bonds is 2. The van der Waals surface area contributed by atoms with E-state index >= 15 is 0 Å². The molecule has 2 aromatic heterocycles. The first kappa shape index (κ1) is 19.9. The Balaban J connectivity index is 1.58. The summed E-state index contributed by atoms with van der Waals surface area (Å²) < 4.78 is 8.98. The van der Waals surface area contributed by atoms with Crippen molar-refractivity contribution in [2.45, 2.75) is 0 Å². The second-order valence-electron chi connectivity index (χ2n) is 9.24. The van der Waals surface area contributed by atoms with Crippen LogP contribution in [0.3, 0.4) is 0 Å². The number of benzene rings is 6. The average Bonchev–Trinajstić information content (AvgIpc) is 3.48. The first-order valence-corrected chi connectivity index (χ1v) is 13.0. The van der Waals surface area contributed by atoms with Gasteiger partial charge in [0, 0.05) is 15.5 Å². The van der Waals surface area contributed by atoms with Gasteiger partial charge in [0.2, 0.25) is 0 Å². The summed E-state index contributed by atoms with van der Waals surface area (Å²) in [5.41, 5.74) is 6.96. The molecule has 2 heteroatoms. The summed E-state index contributed by atoms with van der Waals surface area (Å²) in [7, 11) is 0. The fraction of sp³-hybridized carbons (Fsp3) is 0. The van der Waals surface area contributed by atoms with Gasteiger partial charge in [-0.3, -0.25) is 0 Å². The SMILES string of the molecule is c1ccc(-c2c3ccccc3c(-c3cccc4oc5c6ccccc6sc5c34)c3ccccc23)cc1. The Morgan fingerprint density at radius 3 is 1.75 bits per heavy atom. The second kappa shape index (κ2) is 7.55. The predicted octanol–water partition coefficient (Wildman–Crippen LogP) is 10.4. The van der Waals surface area contributed by atoms with Crippen LogP contribution in [0.15, 0.2) is 126 Å². The Kier molecular flexibility index (Phi) is 4.16. The van der Waals surface area contributed by atoms with Gasteiger partial charge in [-0.25, -0.2) is 0 Å². The Morgan fingerprint density at radius 1 is 0.472 bits per heavy atom. The van der Waals surface area contributed by atoms with Crippen LogP contribution in [0.25, 0.3) is 75.1 Å². The van der Waals surface area contributed by atoms with E-state index in [1.165, 1.54) is 64.0 Å². The van der Waals surface area contributed by atoms with E-state index in [1.54, 1.807) is 0 Å². The Morgan fingerprint density at radius 2 is 1.06 bits per heavy atom. The molecule has 0 fully saturated rings. The zero-order valence-electron chi connectivity index (χ0n) is 19.4. The van der Waals surface area contributed by atoms with Crippen molar-refractivity contribution in [2.75, 3.05) is 0 Å². The molecule has 0 unspecified atom stereocenters. The topological polar surface area (TPSA) is 13.1 Å². The van der Waals surface area contributed by atoms with Gasteiger partial charge in [-0.2, -0.15) is 0 Å². The molecule has 1 nitrogen and oxygen atoms in total. The van der Waals surface area contributed by atoms with Gasteiger partial charge in [-0.15, -0.1) is 11.3 Å². The van der Waals surface area contributed by atoms with Crippen molar-refractivity contribution < 1.29 is 4.42 Å². The van der Waals surface area contributed by atoms with E-state index in [4.69, 9.17) is 4.42 Å². The molecule has 0 saturated heterocycles. The third-order valence-electron chi connectivity index (χ3n) is 7.28. The van der Waals surface area contributed by atoms with E-state index in [2.05, 4.69) is 121 Å². The predicted molar refractivity (Wildman–Crippen MR) is 155 cm³/mol. The molecule has 0 aliphatic rings. The molecule has 8 rings (SSSR count). The highest BCUT2D eigenvalue weighted by atomic mass is 32.1. The molecule has 6 aromatic carbocycles. The first-order chi connectivity index (χ1) is 17.9. The lowest BCUT2D eigenvalue weighted by atomic mass is 9.85. The van der Waals surface area contributed by atoms with Crippen LogP contribution in [-0.2, 0) is 0 Å². The molecule has 0 spiro atoms. The number of furan rings is 1. The highest BCUT2D eigenvalue weighted by Gasteiger charge is 2.21. The van der Waals surface area contributed by atoms with Crippen molar-refractivity contribution >= 4 is 64.2 Å². The zero-order chi connectivity index (χ0) is 23.6. The Labute approximate surface area is 211 Å². The van der Waals surface area contributed by atoms with E-state index in [0.717, 1.165) is 11.2 Å². The van der Waals surface area contributed by atoms with Crippen molar-refractivity contribution in [2.24, 2.45) is 0 Å². The summed E-state index contributed by atoms with van der Waals surface area (Å²) in [5.74, 6) is 0. The number of fused-ring (bicyclic) bond motifs is 7. The lowest BCUT2D eigenvalue weighted by Crippen LogP contribution is -1.90. The molecule has 0 aliphatic carbocycles. The summed E-state index contributed by atoms with van der Waals surface area (Å²) in [4.78, 5) is 0. The van der Waals surface area contributed by atoms with Gasteiger partial charge in [-0.1, -0.05) is 103 Å². The molecule has 8 aromatic rings. The van der Waals surface area contributed by atoms with Crippen molar-refractivity contribution in [1.29, 1.82) is 0 Å². The van der Waals surface area contributed by atoms with Crippen molar-refractivity contribution in [3.05, 3.63) is 121 Å². The minimum atomic E-state index is 0.944. The summed E-state index contributed by atoms with van der Waals surface area (Å²) >= 11 is 1.82. The molecule has 2 heterocycles. The fourth-order valence-electron chi connectivity index (χ4n) is 5.79. The summed E-state index contributed by atoms with van der Waals surface area (Å²) in [6.07, 6.45) is 0. The minimum Gasteiger partial charge on any atom is -0.454 e. The van der Waals surface area contributed by atoms with Gasteiger partial charge in [-0.05, 0) is 62.0 Å². The van der Waals surface area contributed by atoms with Crippen molar-refractivity contribution in [3.63, 3.8) is 0 Å². The molecule has 0 aliphatic heterocycles. The maximum Gasteiger partial charge on any atom is 0.154 e. The molecule has 0 radical (unpaired) electrons. The largest absolute Gasteiger partial charge is 0.454 e. The Hall–Kier alpha value is -4.40. The lowest BCUT2D eigenvalue weighted by Gasteiger charge is -2.18.